The zero-order valence-electron chi connectivity index (χ0n) is 13.6. The van der Waals surface area contributed by atoms with E-state index in [-0.39, 0.29) is 13.0 Å². The number of hydrogen-bond acceptors (Lipinski definition) is 5. The molecule has 0 saturated carbocycles. The summed E-state index contributed by atoms with van der Waals surface area (Å²) in [5.41, 5.74) is 0.104. The van der Waals surface area contributed by atoms with Crippen LogP contribution in [-0.2, 0) is 19.0 Å². The first kappa shape index (κ1) is 19.7. The van der Waals surface area contributed by atoms with Gasteiger partial charge >= 0.3 is 6.09 Å². The lowest BCUT2D eigenvalue weighted by atomic mass is 10.0. The number of hydrogen-bond donors (Lipinski definition) is 1. The third kappa shape index (κ3) is 8.78. The molecule has 0 saturated heterocycles. The molecule has 130 valence electrons. The van der Waals surface area contributed by atoms with Crippen molar-refractivity contribution in [1.82, 2.24) is 5.32 Å². The first-order valence-corrected chi connectivity index (χ1v) is 9.25. The summed E-state index contributed by atoms with van der Waals surface area (Å²) >= 11 is 5.97. The zero-order chi connectivity index (χ0) is 17.7. The summed E-state index contributed by atoms with van der Waals surface area (Å²) in [4.78, 5) is 12.0. The molecule has 8 heteroatoms. The van der Waals surface area contributed by atoms with Crippen LogP contribution in [0.2, 0.25) is 5.02 Å². The van der Waals surface area contributed by atoms with E-state index in [1.54, 1.807) is 45.0 Å². The standard InChI is InChI=1S/C15H22ClNO5S/c1-15(2,3)22-14(18)17-13(8-9-21-23(4,19)20)11-6-5-7-12(16)10-11/h5-7,10,13H,8-9H2,1-4H3,(H,17,18). The molecule has 1 rings (SSSR count). The zero-order valence-corrected chi connectivity index (χ0v) is 15.2. The Kier molecular flexibility index (Phi) is 6.85. The van der Waals surface area contributed by atoms with Crippen molar-refractivity contribution in [1.29, 1.82) is 0 Å². The first-order valence-electron chi connectivity index (χ1n) is 7.06. The molecule has 1 amide bonds. The van der Waals surface area contributed by atoms with E-state index < -0.39 is 27.9 Å². The van der Waals surface area contributed by atoms with Crippen molar-refractivity contribution in [2.45, 2.75) is 38.8 Å². The van der Waals surface area contributed by atoms with Gasteiger partial charge in [-0.15, -0.1) is 0 Å². The lowest BCUT2D eigenvalue weighted by Crippen LogP contribution is -2.35. The maximum Gasteiger partial charge on any atom is 0.408 e. The van der Waals surface area contributed by atoms with Crippen molar-refractivity contribution in [2.75, 3.05) is 12.9 Å². The van der Waals surface area contributed by atoms with Gasteiger partial charge in [0.25, 0.3) is 10.1 Å². The monoisotopic (exact) mass is 363 g/mol. The molecule has 0 spiro atoms. The Morgan fingerprint density at radius 1 is 1.35 bits per heavy atom. The second-order valence-corrected chi connectivity index (χ2v) is 8.15. The van der Waals surface area contributed by atoms with Crippen LogP contribution in [-0.4, -0.2) is 33.0 Å². The fourth-order valence-corrected chi connectivity index (χ4v) is 2.41. The maximum absolute atomic E-state index is 12.0. The average molecular weight is 364 g/mol. The van der Waals surface area contributed by atoms with Crippen LogP contribution in [0.3, 0.4) is 0 Å². The highest BCUT2D eigenvalue weighted by molar-refractivity contribution is 7.85. The highest BCUT2D eigenvalue weighted by Gasteiger charge is 2.21. The summed E-state index contributed by atoms with van der Waals surface area (Å²) in [6.45, 7) is 5.21. The lowest BCUT2D eigenvalue weighted by Gasteiger charge is -2.24. The Labute approximate surface area is 142 Å². The summed E-state index contributed by atoms with van der Waals surface area (Å²) in [5.74, 6) is 0. The van der Waals surface area contributed by atoms with Gasteiger partial charge in [-0.2, -0.15) is 8.42 Å². The van der Waals surface area contributed by atoms with Crippen LogP contribution in [0.1, 0.15) is 38.8 Å². The van der Waals surface area contributed by atoms with Crippen molar-refractivity contribution in [3.05, 3.63) is 34.9 Å². The van der Waals surface area contributed by atoms with Gasteiger partial charge in [-0.05, 0) is 44.9 Å². The molecule has 23 heavy (non-hydrogen) atoms. The third-order valence-corrected chi connectivity index (χ3v) is 3.48. The second kappa shape index (κ2) is 7.99. The minimum absolute atomic E-state index is 0.0637. The first-order chi connectivity index (χ1) is 10.5. The predicted molar refractivity (Wildman–Crippen MR) is 89.0 cm³/mol. The molecular weight excluding hydrogens is 342 g/mol. The minimum Gasteiger partial charge on any atom is -0.444 e. The lowest BCUT2D eigenvalue weighted by molar-refractivity contribution is 0.0498. The highest BCUT2D eigenvalue weighted by Crippen LogP contribution is 2.21. The van der Waals surface area contributed by atoms with Gasteiger partial charge in [-0.1, -0.05) is 23.7 Å². The van der Waals surface area contributed by atoms with Gasteiger partial charge in [0.2, 0.25) is 0 Å². The van der Waals surface area contributed by atoms with Crippen LogP contribution in [0.4, 0.5) is 4.79 Å². The highest BCUT2D eigenvalue weighted by atomic mass is 35.5. The molecule has 1 aromatic rings. The maximum atomic E-state index is 12.0. The molecule has 0 fully saturated rings. The molecule has 1 aromatic carbocycles. The summed E-state index contributed by atoms with van der Waals surface area (Å²) in [7, 11) is -3.54. The van der Waals surface area contributed by atoms with E-state index >= 15 is 0 Å². The number of carbonyl (C=O) groups excluding carboxylic acids is 1. The fraction of sp³-hybridized carbons (Fsp3) is 0.533. The molecule has 1 unspecified atom stereocenters. The van der Waals surface area contributed by atoms with Gasteiger partial charge in [0.05, 0.1) is 18.9 Å². The molecule has 0 aliphatic rings. The Morgan fingerprint density at radius 2 is 2.00 bits per heavy atom. The predicted octanol–water partition coefficient (Wildman–Crippen LogP) is 3.27. The molecule has 0 aliphatic heterocycles. The van der Waals surface area contributed by atoms with Crippen LogP contribution >= 0.6 is 11.6 Å². The Balaban J connectivity index is 2.82. The van der Waals surface area contributed by atoms with Crippen LogP contribution in [0, 0.1) is 0 Å². The van der Waals surface area contributed by atoms with E-state index in [4.69, 9.17) is 20.5 Å². The van der Waals surface area contributed by atoms with E-state index in [1.807, 2.05) is 0 Å². The van der Waals surface area contributed by atoms with Gasteiger partial charge in [0, 0.05) is 5.02 Å². The van der Waals surface area contributed by atoms with E-state index in [0.29, 0.717) is 5.02 Å². The topological polar surface area (TPSA) is 81.7 Å². The van der Waals surface area contributed by atoms with Crippen molar-refractivity contribution in [3.63, 3.8) is 0 Å². The van der Waals surface area contributed by atoms with Gasteiger partial charge in [-0.3, -0.25) is 4.18 Å². The van der Waals surface area contributed by atoms with Gasteiger partial charge < -0.3 is 10.1 Å². The number of carbonyl (C=O) groups is 1. The average Bonchev–Trinajstić information content (AvgIpc) is 2.33. The van der Waals surface area contributed by atoms with Crippen LogP contribution in [0.25, 0.3) is 0 Å². The Bertz CT molecular complexity index is 640. The van der Waals surface area contributed by atoms with Gasteiger partial charge in [0.15, 0.2) is 0 Å². The number of nitrogens with one attached hydrogen (secondary N) is 1. The summed E-state index contributed by atoms with van der Waals surface area (Å²) in [6.07, 6.45) is 0.636. The molecule has 0 aliphatic carbocycles. The van der Waals surface area contributed by atoms with Crippen molar-refractivity contribution in [2.24, 2.45) is 0 Å². The Morgan fingerprint density at radius 3 is 2.52 bits per heavy atom. The molecule has 6 nitrogen and oxygen atoms in total. The number of halogens is 1. The smallest absolute Gasteiger partial charge is 0.408 e. The molecule has 1 atom stereocenters. The van der Waals surface area contributed by atoms with E-state index in [2.05, 4.69) is 5.32 Å². The fourth-order valence-electron chi connectivity index (χ4n) is 1.81. The largest absolute Gasteiger partial charge is 0.444 e. The summed E-state index contributed by atoms with van der Waals surface area (Å²) in [6, 6.07) is 6.46. The number of benzene rings is 1. The van der Waals surface area contributed by atoms with Crippen LogP contribution in [0.5, 0.6) is 0 Å². The molecule has 0 heterocycles. The van der Waals surface area contributed by atoms with Gasteiger partial charge in [-0.25, -0.2) is 4.79 Å². The Hall–Kier alpha value is -1.31. The van der Waals surface area contributed by atoms with Crippen molar-refractivity contribution in [3.8, 4) is 0 Å². The number of ether oxygens (including phenoxy) is 1. The van der Waals surface area contributed by atoms with E-state index in [1.165, 1.54) is 0 Å². The van der Waals surface area contributed by atoms with Crippen LogP contribution in [0.15, 0.2) is 24.3 Å². The third-order valence-electron chi connectivity index (χ3n) is 2.65. The molecule has 0 bridgehead atoms. The van der Waals surface area contributed by atoms with E-state index in [9.17, 15) is 13.2 Å². The van der Waals surface area contributed by atoms with Crippen LogP contribution < -0.4 is 5.32 Å². The second-order valence-electron chi connectivity index (χ2n) is 6.07. The minimum atomic E-state index is -3.54. The molecule has 0 radical (unpaired) electrons. The molecular formula is C15H22ClNO5S. The quantitative estimate of drug-likeness (QED) is 0.784. The number of rotatable bonds is 6. The number of alkyl carbamates (subject to hydrolysis) is 1. The molecule has 0 aromatic heterocycles. The molecule has 1 N–H and O–H groups in total. The summed E-state index contributed by atoms with van der Waals surface area (Å²) in [5, 5.41) is 3.22. The number of amides is 1. The van der Waals surface area contributed by atoms with Crippen molar-refractivity contribution >= 4 is 27.8 Å². The van der Waals surface area contributed by atoms with E-state index in [0.717, 1.165) is 11.8 Å². The normalized spacial score (nSPS) is 13.4. The van der Waals surface area contributed by atoms with Gasteiger partial charge in [0.1, 0.15) is 5.60 Å². The SMILES string of the molecule is CC(C)(C)OC(=O)NC(CCOS(C)(=O)=O)c1cccc(Cl)c1. The summed E-state index contributed by atoms with van der Waals surface area (Å²) < 4.78 is 32.1. The van der Waals surface area contributed by atoms with Crippen molar-refractivity contribution < 1.29 is 22.1 Å².